The van der Waals surface area contributed by atoms with Crippen LogP contribution in [0.4, 0.5) is 5.95 Å². The molecular formula is C19H19BrN4O2. The molecule has 1 aliphatic rings. The van der Waals surface area contributed by atoms with Gasteiger partial charge in [-0.15, -0.1) is 0 Å². The topological polar surface area (TPSA) is 71.3 Å². The molecule has 1 atom stereocenters. The van der Waals surface area contributed by atoms with E-state index in [4.69, 9.17) is 4.42 Å². The van der Waals surface area contributed by atoms with Crippen molar-refractivity contribution in [3.05, 3.63) is 53.0 Å². The molecule has 0 radical (unpaired) electrons. The number of rotatable bonds is 4. The minimum atomic E-state index is -0.0515. The van der Waals surface area contributed by atoms with E-state index in [1.807, 2.05) is 35.2 Å². The Kier molecular flexibility index (Phi) is 4.88. The van der Waals surface area contributed by atoms with E-state index in [0.29, 0.717) is 18.3 Å². The number of likely N-dealkylation sites (tertiary alicyclic amines) is 1. The maximum atomic E-state index is 13.0. The zero-order valence-corrected chi connectivity index (χ0v) is 15.8. The van der Waals surface area contributed by atoms with Gasteiger partial charge in [0.1, 0.15) is 5.58 Å². The van der Waals surface area contributed by atoms with Gasteiger partial charge in [0.25, 0.3) is 5.91 Å². The summed E-state index contributed by atoms with van der Waals surface area (Å²) in [6.07, 6.45) is 6.48. The summed E-state index contributed by atoms with van der Waals surface area (Å²) in [5.74, 6) is 0.914. The third-order valence-electron chi connectivity index (χ3n) is 4.64. The van der Waals surface area contributed by atoms with Crippen LogP contribution in [-0.4, -0.2) is 39.9 Å². The summed E-state index contributed by atoms with van der Waals surface area (Å²) < 4.78 is 6.60. The summed E-state index contributed by atoms with van der Waals surface area (Å²) in [5.41, 5.74) is 0.741. The van der Waals surface area contributed by atoms with Crippen molar-refractivity contribution in [1.29, 1.82) is 0 Å². The van der Waals surface area contributed by atoms with Crippen molar-refractivity contribution in [2.45, 2.75) is 25.3 Å². The van der Waals surface area contributed by atoms with Gasteiger partial charge in [-0.1, -0.05) is 18.2 Å². The molecule has 134 valence electrons. The van der Waals surface area contributed by atoms with Crippen LogP contribution in [0.15, 0.2) is 51.6 Å². The SMILES string of the molecule is O=C(c1cc2ccccc2o1)N1CCCCC1CNc1ncc(Br)cn1. The number of benzene rings is 1. The van der Waals surface area contributed by atoms with Crippen LogP contribution >= 0.6 is 15.9 Å². The highest BCUT2D eigenvalue weighted by Gasteiger charge is 2.29. The van der Waals surface area contributed by atoms with E-state index < -0.39 is 0 Å². The molecule has 1 N–H and O–H groups in total. The molecule has 1 aliphatic heterocycles. The first-order chi connectivity index (χ1) is 12.7. The van der Waals surface area contributed by atoms with E-state index in [1.54, 1.807) is 12.4 Å². The van der Waals surface area contributed by atoms with Gasteiger partial charge in [-0.2, -0.15) is 0 Å². The smallest absolute Gasteiger partial charge is 0.289 e. The Hall–Kier alpha value is -2.41. The number of hydrogen-bond acceptors (Lipinski definition) is 5. The fourth-order valence-corrected chi connectivity index (χ4v) is 3.53. The molecule has 0 aliphatic carbocycles. The molecule has 26 heavy (non-hydrogen) atoms. The monoisotopic (exact) mass is 414 g/mol. The lowest BCUT2D eigenvalue weighted by molar-refractivity contribution is 0.0598. The highest BCUT2D eigenvalue weighted by Crippen LogP contribution is 2.24. The predicted octanol–water partition coefficient (Wildman–Crippen LogP) is 4.09. The number of fused-ring (bicyclic) bond motifs is 1. The Bertz CT molecular complexity index is 876. The first kappa shape index (κ1) is 17.0. The summed E-state index contributed by atoms with van der Waals surface area (Å²) in [7, 11) is 0. The van der Waals surface area contributed by atoms with Gasteiger partial charge >= 0.3 is 0 Å². The van der Waals surface area contributed by atoms with Gasteiger partial charge in [0.15, 0.2) is 5.76 Å². The zero-order valence-electron chi connectivity index (χ0n) is 14.2. The summed E-state index contributed by atoms with van der Waals surface area (Å²) >= 11 is 3.33. The lowest BCUT2D eigenvalue weighted by atomic mass is 10.0. The molecule has 4 rings (SSSR count). The Balaban J connectivity index is 1.49. The third-order valence-corrected chi connectivity index (χ3v) is 5.05. The van der Waals surface area contributed by atoms with Gasteiger partial charge in [0, 0.05) is 36.9 Å². The van der Waals surface area contributed by atoms with Gasteiger partial charge in [-0.05, 0) is 47.3 Å². The molecule has 0 bridgehead atoms. The Morgan fingerprint density at radius 3 is 2.88 bits per heavy atom. The second-order valence-electron chi connectivity index (χ2n) is 6.40. The molecule has 1 saturated heterocycles. The van der Waals surface area contributed by atoms with E-state index in [-0.39, 0.29) is 11.9 Å². The number of halogens is 1. The van der Waals surface area contributed by atoms with Gasteiger partial charge in [0.2, 0.25) is 5.95 Å². The number of anilines is 1. The first-order valence-electron chi connectivity index (χ1n) is 8.72. The standard InChI is InChI=1S/C19H19BrN4O2/c20-14-10-21-19(22-11-14)23-12-15-6-3-4-8-24(15)18(25)17-9-13-5-1-2-7-16(13)26-17/h1-2,5,7,9-11,15H,3-4,6,8,12H2,(H,21,22,23). The van der Waals surface area contributed by atoms with Crippen molar-refractivity contribution in [2.24, 2.45) is 0 Å². The molecule has 6 nitrogen and oxygen atoms in total. The van der Waals surface area contributed by atoms with Crippen LogP contribution in [-0.2, 0) is 0 Å². The summed E-state index contributed by atoms with van der Waals surface area (Å²) in [6.45, 7) is 1.36. The fraction of sp³-hybridized carbons (Fsp3) is 0.316. The summed E-state index contributed by atoms with van der Waals surface area (Å²) in [4.78, 5) is 23.4. The Labute approximate surface area is 159 Å². The molecule has 0 spiro atoms. The molecule has 7 heteroatoms. The second kappa shape index (κ2) is 7.45. The van der Waals surface area contributed by atoms with Crippen molar-refractivity contribution >= 4 is 38.8 Å². The second-order valence-corrected chi connectivity index (χ2v) is 7.32. The maximum Gasteiger partial charge on any atom is 0.289 e. The van der Waals surface area contributed by atoms with Crippen LogP contribution in [0.2, 0.25) is 0 Å². The van der Waals surface area contributed by atoms with Crippen molar-refractivity contribution in [2.75, 3.05) is 18.4 Å². The number of aromatic nitrogens is 2. The van der Waals surface area contributed by atoms with E-state index in [2.05, 4.69) is 31.2 Å². The van der Waals surface area contributed by atoms with E-state index in [0.717, 1.165) is 41.2 Å². The van der Waals surface area contributed by atoms with Crippen molar-refractivity contribution < 1.29 is 9.21 Å². The average molecular weight is 415 g/mol. The highest BCUT2D eigenvalue weighted by molar-refractivity contribution is 9.10. The van der Waals surface area contributed by atoms with E-state index >= 15 is 0 Å². The molecule has 1 amide bonds. The first-order valence-corrected chi connectivity index (χ1v) is 9.51. The summed E-state index contributed by atoms with van der Waals surface area (Å²) in [6, 6.07) is 9.61. The predicted molar refractivity (Wildman–Crippen MR) is 103 cm³/mol. The molecule has 3 aromatic rings. The van der Waals surface area contributed by atoms with Crippen LogP contribution in [0.3, 0.4) is 0 Å². The minimum absolute atomic E-state index is 0.0515. The van der Waals surface area contributed by atoms with E-state index in [9.17, 15) is 4.79 Å². The lowest BCUT2D eigenvalue weighted by Gasteiger charge is -2.35. The number of hydrogen-bond donors (Lipinski definition) is 1. The number of carbonyl (C=O) groups is 1. The fourth-order valence-electron chi connectivity index (χ4n) is 3.32. The number of furan rings is 1. The quantitative estimate of drug-likeness (QED) is 0.695. The van der Waals surface area contributed by atoms with Crippen LogP contribution in [0.5, 0.6) is 0 Å². The zero-order chi connectivity index (χ0) is 17.9. The Morgan fingerprint density at radius 1 is 1.27 bits per heavy atom. The molecular weight excluding hydrogens is 396 g/mol. The lowest BCUT2D eigenvalue weighted by Crippen LogP contribution is -2.47. The van der Waals surface area contributed by atoms with Crippen molar-refractivity contribution in [3.63, 3.8) is 0 Å². The highest BCUT2D eigenvalue weighted by atomic mass is 79.9. The Morgan fingerprint density at radius 2 is 2.08 bits per heavy atom. The number of nitrogens with zero attached hydrogens (tertiary/aromatic N) is 3. The molecule has 1 aromatic carbocycles. The number of piperidine rings is 1. The largest absolute Gasteiger partial charge is 0.451 e. The van der Waals surface area contributed by atoms with Crippen molar-refractivity contribution in [1.82, 2.24) is 14.9 Å². The number of amides is 1. The van der Waals surface area contributed by atoms with E-state index in [1.165, 1.54) is 0 Å². The van der Waals surface area contributed by atoms with Gasteiger partial charge in [-0.3, -0.25) is 4.79 Å². The molecule has 3 heterocycles. The summed E-state index contributed by atoms with van der Waals surface area (Å²) in [5, 5.41) is 4.19. The normalized spacial score (nSPS) is 17.4. The van der Waals surface area contributed by atoms with Gasteiger partial charge < -0.3 is 14.6 Å². The maximum absolute atomic E-state index is 13.0. The minimum Gasteiger partial charge on any atom is -0.451 e. The third kappa shape index (κ3) is 3.58. The molecule has 1 fully saturated rings. The van der Waals surface area contributed by atoms with Crippen LogP contribution in [0.25, 0.3) is 11.0 Å². The number of carbonyl (C=O) groups excluding carboxylic acids is 1. The van der Waals surface area contributed by atoms with Gasteiger partial charge in [0.05, 0.1) is 4.47 Å². The van der Waals surface area contributed by atoms with Gasteiger partial charge in [-0.25, -0.2) is 9.97 Å². The van der Waals surface area contributed by atoms with Crippen LogP contribution < -0.4 is 5.32 Å². The molecule has 0 saturated carbocycles. The number of para-hydroxylation sites is 1. The molecule has 1 unspecified atom stereocenters. The average Bonchev–Trinajstić information content (AvgIpc) is 3.11. The molecule has 2 aromatic heterocycles. The van der Waals surface area contributed by atoms with Crippen molar-refractivity contribution in [3.8, 4) is 0 Å². The van der Waals surface area contributed by atoms with Crippen LogP contribution in [0.1, 0.15) is 29.8 Å². The number of nitrogens with one attached hydrogen (secondary N) is 1. The van der Waals surface area contributed by atoms with Crippen LogP contribution in [0, 0.1) is 0 Å².